The van der Waals surface area contributed by atoms with Crippen molar-refractivity contribution in [1.82, 2.24) is 10.2 Å². The van der Waals surface area contributed by atoms with Gasteiger partial charge in [-0.25, -0.2) is 4.79 Å². The molecular formula is C34H48N2O5. The van der Waals surface area contributed by atoms with E-state index >= 15 is 0 Å². The van der Waals surface area contributed by atoms with Gasteiger partial charge in [0.25, 0.3) is 5.91 Å². The normalized spacial score (nSPS) is 16.4. The Labute approximate surface area is 245 Å². The van der Waals surface area contributed by atoms with E-state index in [-0.39, 0.29) is 24.6 Å². The highest BCUT2D eigenvalue weighted by atomic mass is 16.5. The van der Waals surface area contributed by atoms with Crippen LogP contribution in [0.1, 0.15) is 112 Å². The molecule has 7 heteroatoms. The first kappa shape index (κ1) is 32.3. The molecule has 41 heavy (non-hydrogen) atoms. The first-order valence-corrected chi connectivity index (χ1v) is 15.6. The molecule has 0 aromatic heterocycles. The third kappa shape index (κ3) is 11.3. The number of carboxylic acids is 1. The molecule has 1 aliphatic rings. The summed E-state index contributed by atoms with van der Waals surface area (Å²) in [6.45, 7) is 3.47. The fraction of sp³-hybridized carbons (Fsp3) is 0.559. The van der Waals surface area contributed by atoms with Gasteiger partial charge in [-0.15, -0.1) is 0 Å². The number of amides is 2. The minimum atomic E-state index is -1.47. The second kappa shape index (κ2) is 18.3. The van der Waals surface area contributed by atoms with Gasteiger partial charge in [-0.05, 0) is 48.9 Å². The van der Waals surface area contributed by atoms with Crippen LogP contribution < -0.4 is 5.32 Å². The van der Waals surface area contributed by atoms with E-state index in [4.69, 9.17) is 4.74 Å². The summed E-state index contributed by atoms with van der Waals surface area (Å²) in [7, 11) is 0. The quantitative estimate of drug-likeness (QED) is 0.152. The lowest BCUT2D eigenvalue weighted by Crippen LogP contribution is -2.47. The molecule has 224 valence electrons. The summed E-state index contributed by atoms with van der Waals surface area (Å²) < 4.78 is 6.15. The summed E-state index contributed by atoms with van der Waals surface area (Å²) >= 11 is 0. The van der Waals surface area contributed by atoms with Gasteiger partial charge in [-0.3, -0.25) is 9.59 Å². The lowest BCUT2D eigenvalue weighted by Gasteiger charge is -2.32. The molecule has 0 saturated heterocycles. The van der Waals surface area contributed by atoms with Crippen LogP contribution in [0.15, 0.2) is 54.6 Å². The van der Waals surface area contributed by atoms with Gasteiger partial charge in [-0.1, -0.05) is 107 Å². The summed E-state index contributed by atoms with van der Waals surface area (Å²) in [6.07, 6.45) is 14.7. The zero-order valence-corrected chi connectivity index (χ0v) is 24.7. The van der Waals surface area contributed by atoms with Gasteiger partial charge in [0.05, 0.1) is 18.8 Å². The van der Waals surface area contributed by atoms with Crippen molar-refractivity contribution in [2.45, 2.75) is 116 Å². The van der Waals surface area contributed by atoms with E-state index in [1.54, 1.807) is 24.3 Å². The molecule has 1 aliphatic carbocycles. The maximum atomic E-state index is 12.7. The Balaban J connectivity index is 1.45. The van der Waals surface area contributed by atoms with Gasteiger partial charge in [0.15, 0.2) is 0 Å². The third-order valence-corrected chi connectivity index (χ3v) is 7.95. The minimum Gasteiger partial charge on any atom is -0.474 e. The number of hydrogen-bond donors (Lipinski definition) is 2. The SMILES string of the molecule is CCCCCCCCCCCCNC(=O)c1ccc(CN(C(=O)C(=O)O)[C@@H]2CCC[C@H]2OCc2ccccc2)cc1. The minimum absolute atomic E-state index is 0.115. The average molecular weight is 565 g/mol. The van der Waals surface area contributed by atoms with Crippen LogP contribution in [-0.2, 0) is 27.5 Å². The van der Waals surface area contributed by atoms with E-state index in [0.717, 1.165) is 36.8 Å². The van der Waals surface area contributed by atoms with E-state index in [2.05, 4.69) is 12.2 Å². The Kier molecular flexibility index (Phi) is 14.4. The lowest BCUT2D eigenvalue weighted by atomic mass is 10.1. The zero-order chi connectivity index (χ0) is 29.3. The van der Waals surface area contributed by atoms with Crippen molar-refractivity contribution < 1.29 is 24.2 Å². The molecule has 0 spiro atoms. The lowest BCUT2D eigenvalue weighted by molar-refractivity contribution is -0.159. The van der Waals surface area contributed by atoms with Crippen LogP contribution in [0, 0.1) is 0 Å². The third-order valence-electron chi connectivity index (χ3n) is 7.95. The summed E-state index contributed by atoms with van der Waals surface area (Å²) in [5.74, 6) is -2.51. The smallest absolute Gasteiger partial charge is 0.394 e. The fourth-order valence-corrected chi connectivity index (χ4v) is 5.57. The molecule has 2 N–H and O–H groups in total. The number of ether oxygens (including phenoxy) is 1. The Morgan fingerprint density at radius 3 is 2.10 bits per heavy atom. The zero-order valence-electron chi connectivity index (χ0n) is 24.7. The molecule has 0 aliphatic heterocycles. The van der Waals surface area contributed by atoms with Crippen molar-refractivity contribution in [3.63, 3.8) is 0 Å². The Bertz CT molecular complexity index is 1060. The first-order chi connectivity index (χ1) is 20.0. The standard InChI is InChI=1S/C34H48N2O5/c1-2-3-4-5-6-7-8-9-10-14-24-35-32(37)29-22-20-27(21-23-29)25-36(33(38)34(39)40)30-18-15-19-31(30)41-26-28-16-12-11-13-17-28/h11-13,16-17,20-23,30-31H,2-10,14-15,18-19,24-26H2,1H3,(H,35,37)(H,39,40)/t30-,31-/m1/s1. The van der Waals surface area contributed by atoms with E-state index in [1.807, 2.05) is 30.3 Å². The van der Waals surface area contributed by atoms with Crippen LogP contribution in [0.2, 0.25) is 0 Å². The van der Waals surface area contributed by atoms with E-state index in [0.29, 0.717) is 25.1 Å². The Morgan fingerprint density at radius 1 is 0.829 bits per heavy atom. The molecule has 0 bridgehead atoms. The predicted octanol–water partition coefficient (Wildman–Crippen LogP) is 6.89. The van der Waals surface area contributed by atoms with E-state index < -0.39 is 11.9 Å². The summed E-state index contributed by atoms with van der Waals surface area (Å²) in [5.41, 5.74) is 2.37. The molecule has 1 saturated carbocycles. The molecule has 1 fully saturated rings. The number of hydrogen-bond acceptors (Lipinski definition) is 4. The van der Waals surface area contributed by atoms with Gasteiger partial charge in [0.1, 0.15) is 0 Å². The van der Waals surface area contributed by atoms with Crippen LogP contribution in [-0.4, -0.2) is 46.5 Å². The number of nitrogens with one attached hydrogen (secondary N) is 1. The number of rotatable bonds is 18. The van der Waals surface area contributed by atoms with Crippen molar-refractivity contribution in [2.75, 3.05) is 6.54 Å². The highest BCUT2D eigenvalue weighted by Crippen LogP contribution is 2.29. The Morgan fingerprint density at radius 2 is 1.46 bits per heavy atom. The molecule has 2 aromatic rings. The molecule has 2 amide bonds. The number of unbranched alkanes of at least 4 members (excludes halogenated alkanes) is 9. The Hall–Kier alpha value is -3.19. The summed E-state index contributed by atoms with van der Waals surface area (Å²) in [6, 6.07) is 16.6. The van der Waals surface area contributed by atoms with Gasteiger partial charge in [0.2, 0.25) is 0 Å². The second-order valence-corrected chi connectivity index (χ2v) is 11.2. The number of aliphatic carboxylic acids is 1. The second-order valence-electron chi connectivity index (χ2n) is 11.2. The van der Waals surface area contributed by atoms with Crippen LogP contribution in [0.3, 0.4) is 0 Å². The average Bonchev–Trinajstić information content (AvgIpc) is 3.46. The number of carbonyl (C=O) groups excluding carboxylic acids is 2. The van der Waals surface area contributed by atoms with Crippen molar-refractivity contribution in [2.24, 2.45) is 0 Å². The van der Waals surface area contributed by atoms with E-state index in [1.165, 1.54) is 56.3 Å². The summed E-state index contributed by atoms with van der Waals surface area (Å²) in [4.78, 5) is 38.4. The largest absolute Gasteiger partial charge is 0.474 e. The van der Waals surface area contributed by atoms with Crippen LogP contribution in [0.25, 0.3) is 0 Å². The molecule has 0 unspecified atom stereocenters. The highest BCUT2D eigenvalue weighted by Gasteiger charge is 2.37. The van der Waals surface area contributed by atoms with Crippen molar-refractivity contribution >= 4 is 17.8 Å². The molecule has 0 heterocycles. The number of carboxylic acid groups (broad SMARTS) is 1. The van der Waals surface area contributed by atoms with Crippen LogP contribution in [0.5, 0.6) is 0 Å². The maximum absolute atomic E-state index is 12.7. The number of nitrogens with zero attached hydrogens (tertiary/aromatic N) is 1. The molecule has 7 nitrogen and oxygen atoms in total. The highest BCUT2D eigenvalue weighted by molar-refractivity contribution is 6.31. The molecule has 3 rings (SSSR count). The maximum Gasteiger partial charge on any atom is 0.394 e. The molecule has 0 radical (unpaired) electrons. The molecule has 2 atom stereocenters. The van der Waals surface area contributed by atoms with Gasteiger partial charge < -0.3 is 20.1 Å². The predicted molar refractivity (Wildman–Crippen MR) is 161 cm³/mol. The van der Waals surface area contributed by atoms with Gasteiger partial charge in [-0.2, -0.15) is 0 Å². The fourth-order valence-electron chi connectivity index (χ4n) is 5.57. The van der Waals surface area contributed by atoms with Gasteiger partial charge >= 0.3 is 11.9 Å². The molecular weight excluding hydrogens is 516 g/mol. The number of benzene rings is 2. The molecule has 2 aromatic carbocycles. The van der Waals surface area contributed by atoms with Gasteiger partial charge in [0, 0.05) is 18.7 Å². The van der Waals surface area contributed by atoms with Crippen molar-refractivity contribution in [3.05, 3.63) is 71.3 Å². The topological polar surface area (TPSA) is 95.9 Å². The monoisotopic (exact) mass is 564 g/mol. The van der Waals surface area contributed by atoms with E-state index in [9.17, 15) is 19.5 Å². The first-order valence-electron chi connectivity index (χ1n) is 15.6. The van der Waals surface area contributed by atoms with Crippen molar-refractivity contribution in [3.8, 4) is 0 Å². The van der Waals surface area contributed by atoms with Crippen molar-refractivity contribution in [1.29, 1.82) is 0 Å². The van der Waals surface area contributed by atoms with Crippen LogP contribution >= 0.6 is 0 Å². The number of carbonyl (C=O) groups is 3. The summed E-state index contributed by atoms with van der Waals surface area (Å²) in [5, 5.41) is 12.5. The van der Waals surface area contributed by atoms with Crippen LogP contribution in [0.4, 0.5) is 0 Å².